The van der Waals surface area contributed by atoms with Crippen molar-refractivity contribution in [2.75, 3.05) is 13.2 Å². The van der Waals surface area contributed by atoms with Gasteiger partial charge >= 0.3 is 6.09 Å². The van der Waals surface area contributed by atoms with Crippen LogP contribution in [0, 0.1) is 13.8 Å². The van der Waals surface area contributed by atoms with Crippen LogP contribution in [0.15, 0.2) is 47.4 Å². The van der Waals surface area contributed by atoms with Gasteiger partial charge in [-0.05, 0) is 56.5 Å². The smallest absolute Gasteiger partial charge is 0.418 e. The standard InChI is InChI=1S/C22H24N2O4S/c1-4-28-22(25)24-16(3)19-12-13-23(14-17-6-5-7-20(24)21(17)19)29(26,27)18-10-8-15(2)9-11-18/h5-11H,4,12-14H2,1-3H3. The molecule has 7 heteroatoms. The summed E-state index contributed by atoms with van der Waals surface area (Å²) in [5.74, 6) is 0. The Hall–Kier alpha value is -2.64. The Balaban J connectivity index is 1.79. The topological polar surface area (TPSA) is 68.6 Å². The van der Waals surface area contributed by atoms with Crippen molar-refractivity contribution in [3.8, 4) is 0 Å². The van der Waals surface area contributed by atoms with Crippen LogP contribution in [0.1, 0.15) is 29.3 Å². The Kier molecular flexibility index (Phi) is 4.96. The van der Waals surface area contributed by atoms with Gasteiger partial charge in [0.05, 0.1) is 17.0 Å². The minimum absolute atomic E-state index is 0.271. The van der Waals surface area contributed by atoms with Crippen molar-refractivity contribution < 1.29 is 17.9 Å². The van der Waals surface area contributed by atoms with Gasteiger partial charge in [0.2, 0.25) is 10.0 Å². The van der Waals surface area contributed by atoms with Gasteiger partial charge in [-0.2, -0.15) is 4.31 Å². The molecule has 0 saturated carbocycles. The van der Waals surface area contributed by atoms with Crippen molar-refractivity contribution in [1.82, 2.24) is 8.87 Å². The lowest BCUT2D eigenvalue weighted by Crippen LogP contribution is -2.31. The molecule has 0 saturated heterocycles. The summed E-state index contributed by atoms with van der Waals surface area (Å²) in [4.78, 5) is 12.8. The number of carbonyl (C=O) groups is 1. The monoisotopic (exact) mass is 412 g/mol. The molecular weight excluding hydrogens is 388 g/mol. The van der Waals surface area contributed by atoms with E-state index in [-0.39, 0.29) is 6.54 Å². The molecule has 0 radical (unpaired) electrons. The summed E-state index contributed by atoms with van der Waals surface area (Å²) in [5, 5.41) is 0.958. The van der Waals surface area contributed by atoms with E-state index in [1.165, 1.54) is 4.31 Å². The van der Waals surface area contributed by atoms with Crippen LogP contribution in [0.2, 0.25) is 0 Å². The number of rotatable bonds is 3. The number of aromatic nitrogens is 1. The van der Waals surface area contributed by atoms with E-state index in [1.54, 1.807) is 23.6 Å². The first-order valence-electron chi connectivity index (χ1n) is 9.70. The number of hydrogen-bond acceptors (Lipinski definition) is 4. The highest BCUT2D eigenvalue weighted by Crippen LogP contribution is 2.34. The second-order valence-corrected chi connectivity index (χ2v) is 9.25. The average Bonchev–Trinajstić information content (AvgIpc) is 2.84. The Labute approximate surface area is 170 Å². The summed E-state index contributed by atoms with van der Waals surface area (Å²) in [7, 11) is -3.61. The van der Waals surface area contributed by atoms with E-state index in [1.807, 2.05) is 44.2 Å². The van der Waals surface area contributed by atoms with E-state index in [0.29, 0.717) is 24.5 Å². The highest BCUT2D eigenvalue weighted by atomic mass is 32.2. The molecule has 1 aromatic heterocycles. The molecule has 0 spiro atoms. The summed E-state index contributed by atoms with van der Waals surface area (Å²) >= 11 is 0. The van der Waals surface area contributed by atoms with E-state index in [0.717, 1.165) is 33.3 Å². The SMILES string of the molecule is CCOC(=O)n1c(C)c2c3c(cccc31)CN(S(=O)(=O)c1ccc(C)cc1)CC2. The summed E-state index contributed by atoms with van der Waals surface area (Å²) in [5.41, 5.74) is 4.50. The quantitative estimate of drug-likeness (QED) is 0.652. The first kappa shape index (κ1) is 19.7. The fourth-order valence-corrected chi connectivity index (χ4v) is 5.47. The number of carbonyl (C=O) groups excluding carboxylic acids is 1. The average molecular weight is 413 g/mol. The molecule has 1 aliphatic rings. The molecule has 0 aliphatic carbocycles. The van der Waals surface area contributed by atoms with E-state index in [4.69, 9.17) is 4.74 Å². The lowest BCUT2D eigenvalue weighted by Gasteiger charge is -2.21. The summed E-state index contributed by atoms with van der Waals surface area (Å²) in [6, 6.07) is 12.6. The first-order valence-corrected chi connectivity index (χ1v) is 11.1. The molecular formula is C22H24N2O4S. The Morgan fingerprint density at radius 3 is 2.52 bits per heavy atom. The number of ether oxygens (including phenoxy) is 1. The fourth-order valence-electron chi connectivity index (χ4n) is 4.05. The molecule has 0 amide bonds. The molecule has 0 unspecified atom stereocenters. The van der Waals surface area contributed by atoms with Gasteiger partial charge in [0.1, 0.15) is 0 Å². The van der Waals surface area contributed by atoms with Crippen molar-refractivity contribution in [2.45, 2.75) is 38.6 Å². The molecule has 0 N–H and O–H groups in total. The van der Waals surface area contributed by atoms with Crippen LogP contribution in [0.25, 0.3) is 10.9 Å². The molecule has 2 aromatic carbocycles. The molecule has 0 atom stereocenters. The van der Waals surface area contributed by atoms with E-state index in [9.17, 15) is 13.2 Å². The van der Waals surface area contributed by atoms with Crippen LogP contribution in [0.4, 0.5) is 4.79 Å². The van der Waals surface area contributed by atoms with Gasteiger partial charge in [-0.15, -0.1) is 0 Å². The normalized spacial score (nSPS) is 14.7. The van der Waals surface area contributed by atoms with Crippen molar-refractivity contribution >= 4 is 27.0 Å². The molecule has 2 heterocycles. The minimum Gasteiger partial charge on any atom is -0.449 e. The van der Waals surface area contributed by atoms with Gasteiger partial charge in [-0.25, -0.2) is 17.8 Å². The van der Waals surface area contributed by atoms with Crippen LogP contribution in [-0.4, -0.2) is 36.5 Å². The molecule has 6 nitrogen and oxygen atoms in total. The van der Waals surface area contributed by atoms with Gasteiger partial charge in [0.25, 0.3) is 0 Å². The molecule has 4 rings (SSSR count). The molecule has 3 aromatic rings. The van der Waals surface area contributed by atoms with Gasteiger partial charge in [-0.3, -0.25) is 0 Å². The maximum absolute atomic E-state index is 13.2. The van der Waals surface area contributed by atoms with E-state index < -0.39 is 16.1 Å². The van der Waals surface area contributed by atoms with Gasteiger partial charge in [0, 0.05) is 24.2 Å². The minimum atomic E-state index is -3.61. The first-order chi connectivity index (χ1) is 13.8. The molecule has 29 heavy (non-hydrogen) atoms. The third kappa shape index (κ3) is 3.24. The van der Waals surface area contributed by atoms with Crippen LogP contribution in [0.3, 0.4) is 0 Å². The zero-order chi connectivity index (χ0) is 20.8. The van der Waals surface area contributed by atoms with Gasteiger partial charge < -0.3 is 4.74 Å². The maximum Gasteiger partial charge on any atom is 0.418 e. The summed E-state index contributed by atoms with van der Waals surface area (Å²) in [6.07, 6.45) is 0.139. The molecule has 152 valence electrons. The van der Waals surface area contributed by atoms with E-state index in [2.05, 4.69) is 0 Å². The maximum atomic E-state index is 13.2. The van der Waals surface area contributed by atoms with Crippen LogP contribution < -0.4 is 0 Å². The zero-order valence-electron chi connectivity index (χ0n) is 16.8. The number of sulfonamides is 1. The molecule has 0 bridgehead atoms. The van der Waals surface area contributed by atoms with Crippen molar-refractivity contribution in [1.29, 1.82) is 0 Å². The lowest BCUT2D eigenvalue weighted by molar-refractivity contribution is 0.154. The van der Waals surface area contributed by atoms with Crippen LogP contribution in [-0.2, 0) is 27.7 Å². The molecule has 0 fully saturated rings. The van der Waals surface area contributed by atoms with E-state index >= 15 is 0 Å². The lowest BCUT2D eigenvalue weighted by atomic mass is 10.0. The number of benzene rings is 2. The van der Waals surface area contributed by atoms with Gasteiger partial charge in [0.15, 0.2) is 0 Å². The zero-order valence-corrected chi connectivity index (χ0v) is 17.6. The second-order valence-electron chi connectivity index (χ2n) is 7.31. The van der Waals surface area contributed by atoms with Crippen LogP contribution >= 0.6 is 0 Å². The second kappa shape index (κ2) is 7.31. The Morgan fingerprint density at radius 1 is 1.10 bits per heavy atom. The predicted octanol–water partition coefficient (Wildman–Crippen LogP) is 4.01. The Bertz CT molecular complexity index is 1190. The number of hydrogen-bond donors (Lipinski definition) is 0. The molecule has 1 aliphatic heterocycles. The van der Waals surface area contributed by atoms with Crippen molar-refractivity contribution in [2.24, 2.45) is 0 Å². The summed E-state index contributed by atoms with van der Waals surface area (Å²) < 4.78 is 34.8. The third-order valence-corrected chi connectivity index (χ3v) is 7.37. The summed E-state index contributed by atoms with van der Waals surface area (Å²) in [6.45, 7) is 6.53. The van der Waals surface area contributed by atoms with Crippen LogP contribution in [0.5, 0.6) is 0 Å². The Morgan fingerprint density at radius 2 is 1.83 bits per heavy atom. The number of aryl methyl sites for hydroxylation is 1. The highest BCUT2D eigenvalue weighted by Gasteiger charge is 2.30. The highest BCUT2D eigenvalue weighted by molar-refractivity contribution is 7.89. The predicted molar refractivity (Wildman–Crippen MR) is 112 cm³/mol. The van der Waals surface area contributed by atoms with Crippen molar-refractivity contribution in [3.63, 3.8) is 0 Å². The number of nitrogens with zero attached hydrogens (tertiary/aromatic N) is 2. The van der Waals surface area contributed by atoms with Crippen molar-refractivity contribution in [3.05, 3.63) is 64.8 Å². The largest absolute Gasteiger partial charge is 0.449 e. The third-order valence-electron chi connectivity index (χ3n) is 5.51. The fraction of sp³-hybridized carbons (Fsp3) is 0.318. The van der Waals surface area contributed by atoms with Gasteiger partial charge in [-0.1, -0.05) is 29.8 Å².